The first-order chi connectivity index (χ1) is 15.1. The molecule has 2 atom stereocenters. The Kier molecular flexibility index (Phi) is 6.13. The van der Waals surface area contributed by atoms with E-state index in [2.05, 4.69) is 22.1 Å². The van der Waals surface area contributed by atoms with E-state index < -0.39 is 0 Å². The van der Waals surface area contributed by atoms with Gasteiger partial charge >= 0.3 is 0 Å². The van der Waals surface area contributed by atoms with Crippen molar-refractivity contribution < 1.29 is 9.53 Å². The van der Waals surface area contributed by atoms with E-state index in [1.165, 1.54) is 25.9 Å². The molecule has 6 nitrogen and oxygen atoms in total. The van der Waals surface area contributed by atoms with Crippen LogP contribution in [0.5, 0.6) is 0 Å². The lowest BCUT2D eigenvalue weighted by Crippen LogP contribution is -2.32. The Labute approximate surface area is 189 Å². The van der Waals surface area contributed by atoms with Crippen LogP contribution < -0.4 is 5.32 Å². The fourth-order valence-corrected chi connectivity index (χ4v) is 5.63. The molecule has 5 rings (SSSR count). The maximum absolute atomic E-state index is 13.3. The summed E-state index contributed by atoms with van der Waals surface area (Å²) in [5.41, 5.74) is 2.58. The van der Waals surface area contributed by atoms with Gasteiger partial charge in [0.1, 0.15) is 5.69 Å². The number of halogens is 1. The van der Waals surface area contributed by atoms with Crippen molar-refractivity contribution in [3.63, 3.8) is 0 Å². The molecule has 4 heterocycles. The van der Waals surface area contributed by atoms with E-state index in [0.29, 0.717) is 28.6 Å². The second kappa shape index (κ2) is 9.00. The topological polar surface area (TPSA) is 60.6 Å². The van der Waals surface area contributed by atoms with Crippen LogP contribution >= 0.6 is 11.6 Å². The Morgan fingerprint density at radius 3 is 2.74 bits per heavy atom. The van der Waals surface area contributed by atoms with Crippen molar-refractivity contribution in [3.05, 3.63) is 28.9 Å². The Morgan fingerprint density at radius 1 is 1.19 bits per heavy atom. The highest BCUT2D eigenvalue weighted by atomic mass is 35.5. The molecule has 1 aromatic heterocycles. The molecule has 2 aromatic rings. The van der Waals surface area contributed by atoms with E-state index in [1.54, 1.807) is 0 Å². The number of amides is 1. The van der Waals surface area contributed by atoms with E-state index in [0.717, 1.165) is 62.3 Å². The van der Waals surface area contributed by atoms with Gasteiger partial charge < -0.3 is 24.8 Å². The summed E-state index contributed by atoms with van der Waals surface area (Å²) in [5.74, 6) is 1.20. The molecule has 1 amide bonds. The number of ether oxygens (including phenoxy) is 1. The molecule has 1 unspecified atom stereocenters. The largest absolute Gasteiger partial charge is 0.381 e. The van der Waals surface area contributed by atoms with Crippen molar-refractivity contribution in [2.45, 2.75) is 38.6 Å². The number of hydrogen-bond acceptors (Lipinski definition) is 4. The molecule has 0 aliphatic carbocycles. The molecule has 168 valence electrons. The van der Waals surface area contributed by atoms with Crippen molar-refractivity contribution in [2.75, 3.05) is 51.3 Å². The van der Waals surface area contributed by atoms with Gasteiger partial charge in [-0.15, -0.1) is 0 Å². The predicted molar refractivity (Wildman–Crippen MR) is 125 cm³/mol. The van der Waals surface area contributed by atoms with Crippen LogP contribution in [-0.4, -0.2) is 72.7 Å². The van der Waals surface area contributed by atoms with Gasteiger partial charge in [-0.3, -0.25) is 4.79 Å². The van der Waals surface area contributed by atoms with Crippen LogP contribution in [0.25, 0.3) is 10.9 Å². The minimum atomic E-state index is 0.0973. The molecule has 3 fully saturated rings. The van der Waals surface area contributed by atoms with Crippen LogP contribution in [0.4, 0.5) is 5.69 Å². The predicted octanol–water partition coefficient (Wildman–Crippen LogP) is 4.22. The summed E-state index contributed by atoms with van der Waals surface area (Å²) in [5, 5.41) is 5.27. The van der Waals surface area contributed by atoms with Gasteiger partial charge in [-0.25, -0.2) is 0 Å². The minimum Gasteiger partial charge on any atom is -0.381 e. The Hall–Kier alpha value is -1.76. The highest BCUT2D eigenvalue weighted by Gasteiger charge is 2.34. The van der Waals surface area contributed by atoms with Crippen molar-refractivity contribution in [1.82, 2.24) is 14.8 Å². The monoisotopic (exact) mass is 444 g/mol. The molecule has 3 saturated heterocycles. The van der Waals surface area contributed by atoms with Gasteiger partial charge in [-0.2, -0.15) is 0 Å². The number of likely N-dealkylation sites (tertiary alicyclic amines) is 2. The smallest absolute Gasteiger partial charge is 0.270 e. The molecular weight excluding hydrogens is 412 g/mol. The normalized spacial score (nSPS) is 25.5. The Balaban J connectivity index is 1.32. The van der Waals surface area contributed by atoms with Gasteiger partial charge in [0.05, 0.1) is 11.2 Å². The van der Waals surface area contributed by atoms with Gasteiger partial charge in [0, 0.05) is 49.3 Å². The summed E-state index contributed by atoms with van der Waals surface area (Å²) in [6.45, 7) is 9.07. The maximum atomic E-state index is 13.3. The number of benzene rings is 1. The summed E-state index contributed by atoms with van der Waals surface area (Å²) in [7, 11) is 0. The lowest BCUT2D eigenvalue weighted by atomic mass is 9.98. The molecule has 0 saturated carbocycles. The second-order valence-electron chi connectivity index (χ2n) is 9.59. The van der Waals surface area contributed by atoms with Gasteiger partial charge in [0.25, 0.3) is 5.91 Å². The number of aromatic nitrogens is 1. The summed E-state index contributed by atoms with van der Waals surface area (Å²) in [6, 6.07) is 6.21. The van der Waals surface area contributed by atoms with Crippen molar-refractivity contribution in [3.8, 4) is 0 Å². The lowest BCUT2D eigenvalue weighted by Gasteiger charge is -2.24. The average Bonchev–Trinajstić information content (AvgIpc) is 3.49. The SMILES string of the molecule is CC1CN(C(=O)c2cc3cc(Cl)cc(NC4CCOCC4)c3[nH]2)C[C@H]1CN1CCCC1. The van der Waals surface area contributed by atoms with E-state index in [-0.39, 0.29) is 5.91 Å². The van der Waals surface area contributed by atoms with E-state index in [4.69, 9.17) is 16.3 Å². The number of H-pyrrole nitrogens is 1. The van der Waals surface area contributed by atoms with Gasteiger partial charge in [0.2, 0.25) is 0 Å². The van der Waals surface area contributed by atoms with Crippen molar-refractivity contribution in [2.24, 2.45) is 11.8 Å². The fraction of sp³-hybridized carbons (Fsp3) is 0.625. The molecular formula is C24H33ClN4O2. The summed E-state index contributed by atoms with van der Waals surface area (Å²) >= 11 is 6.40. The number of aromatic amines is 1. The van der Waals surface area contributed by atoms with Crippen LogP contribution in [0.1, 0.15) is 43.1 Å². The third-order valence-corrected chi connectivity index (χ3v) is 7.47. The molecule has 0 radical (unpaired) electrons. The zero-order chi connectivity index (χ0) is 21.4. The molecule has 3 aliphatic heterocycles. The number of nitrogens with zero attached hydrogens (tertiary/aromatic N) is 2. The Bertz CT molecular complexity index is 933. The van der Waals surface area contributed by atoms with Crippen LogP contribution in [0.15, 0.2) is 18.2 Å². The first-order valence-corrected chi connectivity index (χ1v) is 12.1. The number of carbonyl (C=O) groups excluding carboxylic acids is 1. The second-order valence-corrected chi connectivity index (χ2v) is 10.0. The van der Waals surface area contributed by atoms with Crippen LogP contribution in [0.2, 0.25) is 5.02 Å². The number of anilines is 1. The van der Waals surface area contributed by atoms with Gasteiger partial charge in [0.15, 0.2) is 0 Å². The number of nitrogens with one attached hydrogen (secondary N) is 2. The summed E-state index contributed by atoms with van der Waals surface area (Å²) < 4.78 is 5.47. The van der Waals surface area contributed by atoms with Crippen LogP contribution in [-0.2, 0) is 4.74 Å². The molecule has 7 heteroatoms. The molecule has 0 spiro atoms. The quantitative estimate of drug-likeness (QED) is 0.725. The van der Waals surface area contributed by atoms with Crippen LogP contribution in [0, 0.1) is 11.8 Å². The number of hydrogen-bond donors (Lipinski definition) is 2. The van der Waals surface area contributed by atoms with Crippen LogP contribution in [0.3, 0.4) is 0 Å². The van der Waals surface area contributed by atoms with E-state index in [1.807, 2.05) is 23.1 Å². The number of rotatable bonds is 5. The van der Waals surface area contributed by atoms with E-state index >= 15 is 0 Å². The highest BCUT2D eigenvalue weighted by Crippen LogP contribution is 2.32. The molecule has 3 aliphatic rings. The molecule has 31 heavy (non-hydrogen) atoms. The summed E-state index contributed by atoms with van der Waals surface area (Å²) in [4.78, 5) is 21.3. The van der Waals surface area contributed by atoms with Crippen molar-refractivity contribution >= 4 is 34.1 Å². The first kappa shape index (κ1) is 21.1. The number of fused-ring (bicyclic) bond motifs is 1. The fourth-order valence-electron chi connectivity index (χ4n) is 5.40. The zero-order valence-corrected chi connectivity index (χ0v) is 19.1. The minimum absolute atomic E-state index is 0.0973. The Morgan fingerprint density at radius 2 is 1.97 bits per heavy atom. The summed E-state index contributed by atoms with van der Waals surface area (Å²) in [6.07, 6.45) is 4.58. The average molecular weight is 445 g/mol. The molecule has 2 N–H and O–H groups in total. The molecule has 0 bridgehead atoms. The third-order valence-electron chi connectivity index (χ3n) is 7.25. The standard InChI is InChI=1S/C24H33ClN4O2/c1-16-13-29(15-18(16)14-28-6-2-3-7-28)24(30)22-11-17-10-19(25)12-21(23(17)27-22)26-20-4-8-31-9-5-20/h10-12,16,18,20,26-27H,2-9,13-15H2,1H3/t16?,18-/m1/s1. The maximum Gasteiger partial charge on any atom is 0.270 e. The first-order valence-electron chi connectivity index (χ1n) is 11.7. The van der Waals surface area contributed by atoms with Gasteiger partial charge in [-0.1, -0.05) is 18.5 Å². The lowest BCUT2D eigenvalue weighted by molar-refractivity contribution is 0.0777. The van der Waals surface area contributed by atoms with Gasteiger partial charge in [-0.05, 0) is 68.8 Å². The number of carbonyl (C=O) groups is 1. The zero-order valence-electron chi connectivity index (χ0n) is 18.3. The van der Waals surface area contributed by atoms with Crippen molar-refractivity contribution in [1.29, 1.82) is 0 Å². The molecule has 1 aromatic carbocycles. The van der Waals surface area contributed by atoms with E-state index in [9.17, 15) is 4.79 Å². The highest BCUT2D eigenvalue weighted by molar-refractivity contribution is 6.32. The third kappa shape index (κ3) is 4.57.